The summed E-state index contributed by atoms with van der Waals surface area (Å²) >= 11 is 0. The zero-order valence-corrected chi connectivity index (χ0v) is 15.8. The smallest absolute Gasteiger partial charge is 0.157 e. The summed E-state index contributed by atoms with van der Waals surface area (Å²) in [5.41, 5.74) is 2.01. The lowest BCUT2D eigenvalue weighted by molar-refractivity contribution is -0.0477. The fourth-order valence-electron chi connectivity index (χ4n) is 3.07. The van der Waals surface area contributed by atoms with Gasteiger partial charge in [0.05, 0.1) is 19.3 Å². The number of aliphatic hydroxyl groups excluding tert-OH is 1. The van der Waals surface area contributed by atoms with Crippen molar-refractivity contribution in [1.82, 2.24) is 5.32 Å². The SMILES string of the molecule is CC(NCCCC1OCCO1)C(O)c1ccc(OCc2ccccc2)cc1. The zero-order chi connectivity index (χ0) is 18.9. The van der Waals surface area contributed by atoms with Crippen LogP contribution in [0.3, 0.4) is 0 Å². The Morgan fingerprint density at radius 1 is 1.07 bits per heavy atom. The summed E-state index contributed by atoms with van der Waals surface area (Å²) in [4.78, 5) is 0. The molecule has 1 saturated heterocycles. The normalized spacial score (nSPS) is 17.0. The van der Waals surface area contributed by atoms with Gasteiger partial charge in [0.2, 0.25) is 0 Å². The molecule has 0 aromatic heterocycles. The van der Waals surface area contributed by atoms with E-state index >= 15 is 0 Å². The van der Waals surface area contributed by atoms with Crippen LogP contribution in [0.4, 0.5) is 0 Å². The zero-order valence-electron chi connectivity index (χ0n) is 15.8. The Labute approximate surface area is 161 Å². The van der Waals surface area contributed by atoms with Crippen LogP contribution in [0.15, 0.2) is 54.6 Å². The second-order valence-corrected chi connectivity index (χ2v) is 6.84. The third-order valence-corrected chi connectivity index (χ3v) is 4.72. The first-order valence-corrected chi connectivity index (χ1v) is 9.64. The van der Waals surface area contributed by atoms with E-state index in [-0.39, 0.29) is 12.3 Å². The van der Waals surface area contributed by atoms with E-state index in [0.29, 0.717) is 19.8 Å². The van der Waals surface area contributed by atoms with Crippen molar-refractivity contribution in [2.75, 3.05) is 19.8 Å². The topological polar surface area (TPSA) is 60.0 Å². The lowest BCUT2D eigenvalue weighted by atomic mass is 10.0. The summed E-state index contributed by atoms with van der Waals surface area (Å²) in [6.45, 7) is 4.73. The molecule has 0 saturated carbocycles. The Kier molecular flexibility index (Phi) is 7.66. The van der Waals surface area contributed by atoms with E-state index in [2.05, 4.69) is 5.32 Å². The Morgan fingerprint density at radius 3 is 2.48 bits per heavy atom. The predicted octanol–water partition coefficient (Wildman–Crippen LogP) is 3.43. The molecule has 1 aliphatic rings. The van der Waals surface area contributed by atoms with Gasteiger partial charge in [-0.15, -0.1) is 0 Å². The minimum absolute atomic E-state index is 0.0356. The maximum Gasteiger partial charge on any atom is 0.157 e. The molecule has 1 heterocycles. The van der Waals surface area contributed by atoms with E-state index in [4.69, 9.17) is 14.2 Å². The Balaban J connectivity index is 1.40. The molecule has 5 nitrogen and oxygen atoms in total. The van der Waals surface area contributed by atoms with Gasteiger partial charge in [-0.1, -0.05) is 42.5 Å². The van der Waals surface area contributed by atoms with E-state index in [9.17, 15) is 5.11 Å². The van der Waals surface area contributed by atoms with Crippen LogP contribution in [0.1, 0.15) is 37.0 Å². The van der Waals surface area contributed by atoms with Crippen LogP contribution in [0.2, 0.25) is 0 Å². The third kappa shape index (κ3) is 6.33. The number of benzene rings is 2. The monoisotopic (exact) mass is 371 g/mol. The summed E-state index contributed by atoms with van der Waals surface area (Å²) in [7, 11) is 0. The van der Waals surface area contributed by atoms with Crippen molar-refractivity contribution in [2.45, 2.75) is 44.8 Å². The number of ether oxygens (including phenoxy) is 3. The lowest BCUT2D eigenvalue weighted by Gasteiger charge is -2.21. The van der Waals surface area contributed by atoms with Crippen molar-refractivity contribution in [3.63, 3.8) is 0 Å². The van der Waals surface area contributed by atoms with Crippen LogP contribution in [0.25, 0.3) is 0 Å². The summed E-state index contributed by atoms with van der Waals surface area (Å²) in [5, 5.41) is 13.9. The van der Waals surface area contributed by atoms with Crippen molar-refractivity contribution in [1.29, 1.82) is 0 Å². The molecule has 0 aliphatic carbocycles. The standard InChI is InChI=1S/C22H29NO4/c1-17(23-13-5-8-21-25-14-15-26-21)22(24)19-9-11-20(12-10-19)27-16-18-6-3-2-4-7-18/h2-4,6-7,9-12,17,21-24H,5,8,13-16H2,1H3. The van der Waals surface area contributed by atoms with Crippen LogP contribution >= 0.6 is 0 Å². The first kappa shape index (κ1) is 19.8. The van der Waals surface area contributed by atoms with Gasteiger partial charge in [-0.2, -0.15) is 0 Å². The number of hydrogen-bond donors (Lipinski definition) is 2. The van der Waals surface area contributed by atoms with E-state index in [1.54, 1.807) is 0 Å². The molecular formula is C22H29NO4. The fourth-order valence-corrected chi connectivity index (χ4v) is 3.07. The first-order valence-electron chi connectivity index (χ1n) is 9.64. The number of nitrogens with one attached hydrogen (secondary N) is 1. The molecule has 2 atom stereocenters. The molecule has 0 radical (unpaired) electrons. The summed E-state index contributed by atoms with van der Waals surface area (Å²) in [6.07, 6.45) is 1.21. The van der Waals surface area contributed by atoms with Gasteiger partial charge in [-0.25, -0.2) is 0 Å². The van der Waals surface area contributed by atoms with Crippen LogP contribution in [-0.2, 0) is 16.1 Å². The van der Waals surface area contributed by atoms with Crippen LogP contribution in [0, 0.1) is 0 Å². The first-order chi connectivity index (χ1) is 13.2. The van der Waals surface area contributed by atoms with Gasteiger partial charge in [0, 0.05) is 6.04 Å². The second-order valence-electron chi connectivity index (χ2n) is 6.84. The predicted molar refractivity (Wildman–Crippen MR) is 105 cm³/mol. The molecule has 1 fully saturated rings. The fraction of sp³-hybridized carbons (Fsp3) is 0.455. The highest BCUT2D eigenvalue weighted by atomic mass is 16.7. The van der Waals surface area contributed by atoms with Crippen molar-refractivity contribution in [3.05, 3.63) is 65.7 Å². The minimum atomic E-state index is -0.563. The maximum absolute atomic E-state index is 10.5. The van der Waals surface area contributed by atoms with Gasteiger partial charge in [0.1, 0.15) is 12.4 Å². The highest BCUT2D eigenvalue weighted by molar-refractivity contribution is 5.29. The third-order valence-electron chi connectivity index (χ3n) is 4.72. The van der Waals surface area contributed by atoms with Crippen LogP contribution < -0.4 is 10.1 Å². The quantitative estimate of drug-likeness (QED) is 0.627. The molecule has 3 rings (SSSR count). The van der Waals surface area contributed by atoms with Gasteiger partial charge in [-0.3, -0.25) is 0 Å². The summed E-state index contributed by atoms with van der Waals surface area (Å²) < 4.78 is 16.6. The molecule has 2 unspecified atom stereocenters. The highest BCUT2D eigenvalue weighted by Crippen LogP contribution is 2.21. The van der Waals surface area contributed by atoms with Gasteiger partial charge in [-0.05, 0) is 49.6 Å². The molecule has 0 spiro atoms. The highest BCUT2D eigenvalue weighted by Gasteiger charge is 2.17. The summed E-state index contributed by atoms with van der Waals surface area (Å²) in [6, 6.07) is 17.7. The Bertz CT molecular complexity index is 656. The van der Waals surface area contributed by atoms with Crippen molar-refractivity contribution in [3.8, 4) is 5.75 Å². The summed E-state index contributed by atoms with van der Waals surface area (Å²) in [5.74, 6) is 0.798. The molecule has 27 heavy (non-hydrogen) atoms. The average Bonchev–Trinajstić information content (AvgIpc) is 3.24. The largest absolute Gasteiger partial charge is 0.489 e. The molecule has 146 valence electrons. The molecule has 2 aromatic rings. The molecule has 0 bridgehead atoms. The number of hydrogen-bond acceptors (Lipinski definition) is 5. The van der Waals surface area contributed by atoms with E-state index in [0.717, 1.165) is 36.3 Å². The van der Waals surface area contributed by atoms with Crippen molar-refractivity contribution < 1.29 is 19.3 Å². The lowest BCUT2D eigenvalue weighted by Crippen LogP contribution is -2.33. The van der Waals surface area contributed by atoms with Gasteiger partial charge in [0.25, 0.3) is 0 Å². The average molecular weight is 371 g/mol. The van der Waals surface area contributed by atoms with Gasteiger partial charge >= 0.3 is 0 Å². The molecule has 2 aromatic carbocycles. The maximum atomic E-state index is 10.5. The molecule has 1 aliphatic heterocycles. The molecular weight excluding hydrogens is 342 g/mol. The van der Waals surface area contributed by atoms with Crippen LogP contribution in [0.5, 0.6) is 5.75 Å². The van der Waals surface area contributed by atoms with E-state index in [1.807, 2.05) is 61.5 Å². The Morgan fingerprint density at radius 2 is 1.78 bits per heavy atom. The minimum Gasteiger partial charge on any atom is -0.489 e. The molecule has 0 amide bonds. The van der Waals surface area contributed by atoms with Crippen molar-refractivity contribution >= 4 is 0 Å². The Hall–Kier alpha value is -1.92. The van der Waals surface area contributed by atoms with Gasteiger partial charge in [0.15, 0.2) is 6.29 Å². The number of aliphatic hydroxyl groups is 1. The molecule has 2 N–H and O–H groups in total. The van der Waals surface area contributed by atoms with Crippen molar-refractivity contribution in [2.24, 2.45) is 0 Å². The second kappa shape index (κ2) is 10.4. The molecule has 5 heteroatoms. The van der Waals surface area contributed by atoms with Crippen LogP contribution in [-0.4, -0.2) is 37.2 Å². The van der Waals surface area contributed by atoms with Gasteiger partial charge < -0.3 is 24.6 Å². The van der Waals surface area contributed by atoms with E-state index in [1.165, 1.54) is 0 Å². The van der Waals surface area contributed by atoms with E-state index < -0.39 is 6.10 Å². The number of rotatable bonds is 10.